The van der Waals surface area contributed by atoms with Crippen LogP contribution >= 0.6 is 0 Å². The molecule has 176 valence electrons. The Labute approximate surface area is 197 Å². The molecule has 0 aliphatic rings. The van der Waals surface area contributed by atoms with Gasteiger partial charge < -0.3 is 15.4 Å². The minimum absolute atomic E-state index is 0.0791. The van der Waals surface area contributed by atoms with Gasteiger partial charge in [-0.15, -0.1) is 0 Å². The Balaban J connectivity index is 1.93. The monoisotopic (exact) mass is 461 g/mol. The highest BCUT2D eigenvalue weighted by Crippen LogP contribution is 2.20. The highest BCUT2D eigenvalue weighted by atomic mass is 16.5. The molecule has 0 aliphatic heterocycles. The number of nitrogen functional groups attached to an aromatic ring is 1. The number of hydrogen-bond donors (Lipinski definition) is 2. The minimum Gasteiger partial charge on any atom is -0.484 e. The van der Waals surface area contributed by atoms with Crippen LogP contribution in [0.15, 0.2) is 64.2 Å². The highest BCUT2D eigenvalue weighted by molar-refractivity contribution is 5.96. The first kappa shape index (κ1) is 24.3. The fraction of sp³-hybridized carbons (Fsp3) is 0.280. The molecule has 0 atom stereocenters. The number of anilines is 2. The predicted octanol–water partition coefficient (Wildman–Crippen LogP) is 2.50. The van der Waals surface area contributed by atoms with Crippen LogP contribution < -0.4 is 26.6 Å². The molecule has 1 amide bonds. The van der Waals surface area contributed by atoms with E-state index in [4.69, 9.17) is 15.7 Å². The van der Waals surface area contributed by atoms with Gasteiger partial charge in [-0.3, -0.25) is 19.1 Å². The van der Waals surface area contributed by atoms with Gasteiger partial charge in [0.2, 0.25) is 0 Å². The van der Waals surface area contributed by atoms with E-state index in [9.17, 15) is 14.4 Å². The lowest BCUT2D eigenvalue weighted by atomic mass is 10.1. The summed E-state index contributed by atoms with van der Waals surface area (Å²) in [5.74, 6) is 0.0950. The first-order valence-electron chi connectivity index (χ1n) is 10.9. The lowest BCUT2D eigenvalue weighted by molar-refractivity contribution is -0.120. The molecule has 0 aliphatic carbocycles. The Morgan fingerprint density at radius 1 is 1.15 bits per heavy atom. The molecule has 1 heterocycles. The molecular formula is C25H27N5O4. The van der Waals surface area contributed by atoms with E-state index in [-0.39, 0.29) is 37.1 Å². The van der Waals surface area contributed by atoms with E-state index in [1.165, 1.54) is 9.47 Å². The van der Waals surface area contributed by atoms with E-state index in [2.05, 4.69) is 4.98 Å². The standard InChI is InChI=1S/C25H27N5O4/c1-17(2)12-13-29(21(31)16-34-20-10-8-18(14-26)9-11-20)22-23(27)30(25(33)28-24(22)32)15-19-6-4-3-5-7-19/h3-11,17H,12-13,15-16,27H2,1-2H3,(H,28,32,33). The Hall–Kier alpha value is -4.32. The molecule has 3 N–H and O–H groups in total. The number of nitriles is 1. The van der Waals surface area contributed by atoms with Gasteiger partial charge in [-0.1, -0.05) is 44.2 Å². The Morgan fingerprint density at radius 3 is 2.44 bits per heavy atom. The van der Waals surface area contributed by atoms with Gasteiger partial charge in [-0.25, -0.2) is 4.79 Å². The average molecular weight is 462 g/mol. The van der Waals surface area contributed by atoms with Gasteiger partial charge in [0.25, 0.3) is 11.5 Å². The largest absolute Gasteiger partial charge is 0.484 e. The summed E-state index contributed by atoms with van der Waals surface area (Å²) in [5, 5.41) is 8.92. The van der Waals surface area contributed by atoms with Crippen LogP contribution in [0.25, 0.3) is 0 Å². The summed E-state index contributed by atoms with van der Waals surface area (Å²) < 4.78 is 6.82. The van der Waals surface area contributed by atoms with Gasteiger partial charge in [0.05, 0.1) is 18.2 Å². The normalized spacial score (nSPS) is 10.6. The number of ether oxygens (including phenoxy) is 1. The quantitative estimate of drug-likeness (QED) is 0.503. The van der Waals surface area contributed by atoms with Gasteiger partial charge in [0, 0.05) is 6.54 Å². The molecule has 0 saturated heterocycles. The summed E-state index contributed by atoms with van der Waals surface area (Å²) in [5.41, 5.74) is 6.12. The van der Waals surface area contributed by atoms with Crippen molar-refractivity contribution in [2.45, 2.75) is 26.8 Å². The minimum atomic E-state index is -0.734. The van der Waals surface area contributed by atoms with Crippen molar-refractivity contribution in [3.8, 4) is 11.8 Å². The molecule has 9 heteroatoms. The van der Waals surface area contributed by atoms with Crippen LogP contribution in [0.1, 0.15) is 31.4 Å². The number of aromatic amines is 1. The third kappa shape index (κ3) is 5.92. The Bertz CT molecular complexity index is 1290. The van der Waals surface area contributed by atoms with Crippen LogP contribution in [0, 0.1) is 17.2 Å². The third-order valence-corrected chi connectivity index (χ3v) is 5.24. The number of nitrogens with two attached hydrogens (primary N) is 1. The molecular weight excluding hydrogens is 434 g/mol. The number of carbonyl (C=O) groups excluding carboxylic acids is 1. The van der Waals surface area contributed by atoms with Crippen molar-refractivity contribution in [1.82, 2.24) is 9.55 Å². The van der Waals surface area contributed by atoms with Crippen molar-refractivity contribution in [3.05, 3.63) is 86.6 Å². The topological polar surface area (TPSA) is 134 Å². The van der Waals surface area contributed by atoms with Crippen LogP contribution in [0.2, 0.25) is 0 Å². The molecule has 3 rings (SSSR count). The van der Waals surface area contributed by atoms with E-state index in [1.807, 2.05) is 50.2 Å². The van der Waals surface area contributed by atoms with Crippen molar-refractivity contribution in [3.63, 3.8) is 0 Å². The maximum Gasteiger partial charge on any atom is 0.330 e. The summed E-state index contributed by atoms with van der Waals surface area (Å²) >= 11 is 0. The molecule has 0 saturated carbocycles. The summed E-state index contributed by atoms with van der Waals surface area (Å²) in [6.07, 6.45) is 0.610. The Morgan fingerprint density at radius 2 is 1.82 bits per heavy atom. The molecule has 0 bridgehead atoms. The van der Waals surface area contributed by atoms with Gasteiger partial charge in [0.1, 0.15) is 11.6 Å². The van der Waals surface area contributed by atoms with Crippen LogP contribution in [-0.4, -0.2) is 28.6 Å². The van der Waals surface area contributed by atoms with Crippen LogP contribution in [0.4, 0.5) is 11.5 Å². The van der Waals surface area contributed by atoms with Gasteiger partial charge >= 0.3 is 5.69 Å². The highest BCUT2D eigenvalue weighted by Gasteiger charge is 2.25. The van der Waals surface area contributed by atoms with Crippen LogP contribution in [0.5, 0.6) is 5.75 Å². The number of nitrogens with one attached hydrogen (secondary N) is 1. The van der Waals surface area contributed by atoms with Crippen LogP contribution in [-0.2, 0) is 11.3 Å². The number of carbonyl (C=O) groups is 1. The maximum absolute atomic E-state index is 13.2. The van der Waals surface area contributed by atoms with E-state index in [0.717, 1.165) is 5.56 Å². The van der Waals surface area contributed by atoms with Crippen molar-refractivity contribution in [2.24, 2.45) is 5.92 Å². The number of H-pyrrole nitrogens is 1. The lowest BCUT2D eigenvalue weighted by Gasteiger charge is -2.25. The lowest BCUT2D eigenvalue weighted by Crippen LogP contribution is -2.43. The zero-order valence-electron chi connectivity index (χ0n) is 19.2. The number of rotatable bonds is 9. The van der Waals surface area contributed by atoms with E-state index >= 15 is 0 Å². The molecule has 3 aromatic rings. The summed E-state index contributed by atoms with van der Waals surface area (Å²) in [7, 11) is 0. The van der Waals surface area contributed by atoms with Crippen LogP contribution in [0.3, 0.4) is 0 Å². The van der Waals surface area contributed by atoms with E-state index in [1.54, 1.807) is 24.3 Å². The molecule has 34 heavy (non-hydrogen) atoms. The van der Waals surface area contributed by atoms with Crippen molar-refractivity contribution < 1.29 is 9.53 Å². The average Bonchev–Trinajstić information content (AvgIpc) is 2.83. The van der Waals surface area contributed by atoms with E-state index in [0.29, 0.717) is 17.7 Å². The molecule has 0 unspecified atom stereocenters. The smallest absolute Gasteiger partial charge is 0.330 e. The fourth-order valence-electron chi connectivity index (χ4n) is 3.36. The molecule has 2 aromatic carbocycles. The SMILES string of the molecule is CC(C)CCN(C(=O)COc1ccc(C#N)cc1)c1c(N)n(Cc2ccccc2)c(=O)[nH]c1=O. The second-order valence-corrected chi connectivity index (χ2v) is 8.22. The third-order valence-electron chi connectivity index (χ3n) is 5.24. The van der Waals surface area contributed by atoms with Crippen molar-refractivity contribution in [2.75, 3.05) is 23.8 Å². The molecule has 0 spiro atoms. The Kier molecular flexibility index (Phi) is 7.88. The second kappa shape index (κ2) is 11.0. The first-order chi connectivity index (χ1) is 16.3. The molecule has 0 fully saturated rings. The summed E-state index contributed by atoms with van der Waals surface area (Å²) in [6, 6.07) is 17.6. The first-order valence-corrected chi connectivity index (χ1v) is 10.9. The van der Waals surface area contributed by atoms with Crippen molar-refractivity contribution in [1.29, 1.82) is 5.26 Å². The summed E-state index contributed by atoms with van der Waals surface area (Å²) in [6.45, 7) is 4.02. The maximum atomic E-state index is 13.2. The van der Waals surface area contributed by atoms with E-state index < -0.39 is 17.2 Å². The van der Waals surface area contributed by atoms with Gasteiger partial charge in [0.15, 0.2) is 12.3 Å². The number of nitrogens with zero attached hydrogens (tertiary/aromatic N) is 3. The second-order valence-electron chi connectivity index (χ2n) is 8.22. The van der Waals surface area contributed by atoms with Gasteiger partial charge in [-0.2, -0.15) is 5.26 Å². The molecule has 9 nitrogen and oxygen atoms in total. The van der Waals surface area contributed by atoms with Crippen molar-refractivity contribution >= 4 is 17.4 Å². The molecule has 0 radical (unpaired) electrons. The fourth-order valence-corrected chi connectivity index (χ4v) is 3.36. The predicted molar refractivity (Wildman–Crippen MR) is 130 cm³/mol. The number of amides is 1. The number of hydrogen-bond acceptors (Lipinski definition) is 6. The zero-order chi connectivity index (χ0) is 24.7. The zero-order valence-corrected chi connectivity index (χ0v) is 19.2. The number of benzene rings is 2. The van der Waals surface area contributed by atoms with Gasteiger partial charge in [-0.05, 0) is 42.2 Å². The number of aromatic nitrogens is 2. The molecule has 1 aromatic heterocycles. The summed E-state index contributed by atoms with van der Waals surface area (Å²) in [4.78, 5) is 42.0.